The van der Waals surface area contributed by atoms with Gasteiger partial charge in [0.2, 0.25) is 0 Å². The van der Waals surface area contributed by atoms with Gasteiger partial charge in [0.05, 0.1) is 12.0 Å². The molecule has 0 N–H and O–H groups in total. The normalized spacial score (nSPS) is 16.1. The number of hydrogen-bond donors (Lipinski definition) is 0. The van der Waals surface area contributed by atoms with Crippen LogP contribution < -0.4 is 4.74 Å². The zero-order valence-corrected chi connectivity index (χ0v) is 18.5. The Morgan fingerprint density at radius 3 is 2.60 bits per heavy atom. The first-order chi connectivity index (χ1) is 14.3. The van der Waals surface area contributed by atoms with E-state index in [2.05, 4.69) is 20.7 Å². The fourth-order valence-corrected chi connectivity index (χ4v) is 4.01. The molecule has 0 aliphatic carbocycles. The third-order valence-corrected chi connectivity index (χ3v) is 5.70. The lowest BCUT2D eigenvalue weighted by Gasteiger charge is -2.18. The first-order valence-electron chi connectivity index (χ1n) is 8.82. The van der Waals surface area contributed by atoms with Crippen molar-refractivity contribution < 1.29 is 28.2 Å². The topological polar surface area (TPSA) is 72.9 Å². The fraction of sp³-hybridized carbons (Fsp3) is 0.190. The number of ether oxygens (including phenoxy) is 2. The van der Waals surface area contributed by atoms with E-state index in [4.69, 9.17) is 4.74 Å². The number of amides is 2. The van der Waals surface area contributed by atoms with Gasteiger partial charge in [0.25, 0.3) is 11.1 Å². The molecule has 0 aromatic heterocycles. The van der Waals surface area contributed by atoms with Crippen LogP contribution in [-0.2, 0) is 20.9 Å². The van der Waals surface area contributed by atoms with E-state index in [1.165, 1.54) is 26.2 Å². The summed E-state index contributed by atoms with van der Waals surface area (Å²) in [5.41, 5.74) is 1.35. The number of carbonyl (C=O) groups is 3. The summed E-state index contributed by atoms with van der Waals surface area (Å²) in [6, 6.07) is 10.2. The van der Waals surface area contributed by atoms with Crippen LogP contribution in [0.1, 0.15) is 18.1 Å². The Morgan fingerprint density at radius 2 is 1.93 bits per heavy atom. The van der Waals surface area contributed by atoms with E-state index in [9.17, 15) is 18.8 Å². The predicted molar refractivity (Wildman–Crippen MR) is 114 cm³/mol. The van der Waals surface area contributed by atoms with Crippen LogP contribution >= 0.6 is 27.7 Å². The molecule has 1 heterocycles. The molecule has 1 saturated heterocycles. The van der Waals surface area contributed by atoms with E-state index in [1.54, 1.807) is 36.4 Å². The number of nitrogens with zero attached hydrogens (tertiary/aromatic N) is 1. The molecule has 2 aromatic carbocycles. The van der Waals surface area contributed by atoms with Crippen molar-refractivity contribution in [2.75, 3.05) is 7.11 Å². The molecule has 9 heteroatoms. The average Bonchev–Trinajstić information content (AvgIpc) is 3.00. The van der Waals surface area contributed by atoms with E-state index >= 15 is 0 Å². The van der Waals surface area contributed by atoms with Crippen LogP contribution in [0.25, 0.3) is 6.08 Å². The number of carbonyl (C=O) groups excluding carboxylic acids is 3. The van der Waals surface area contributed by atoms with Gasteiger partial charge in [0, 0.05) is 10.0 Å². The summed E-state index contributed by atoms with van der Waals surface area (Å²) >= 11 is 4.13. The smallest absolute Gasteiger partial charge is 0.328 e. The van der Waals surface area contributed by atoms with Crippen molar-refractivity contribution in [2.24, 2.45) is 0 Å². The molecule has 0 radical (unpaired) electrons. The van der Waals surface area contributed by atoms with Crippen molar-refractivity contribution in [3.8, 4) is 5.75 Å². The Labute approximate surface area is 185 Å². The summed E-state index contributed by atoms with van der Waals surface area (Å²) in [5.74, 6) is -1.10. The Hall–Kier alpha value is -2.65. The number of esters is 1. The standard InChI is InChI=1S/C21H17BrFNO5S/c1-12(20(26)28-2)24-19(25)18(30-21(24)27)10-14-9-15(22)5-8-17(14)29-11-13-3-6-16(23)7-4-13/h3-10,12H,11H2,1-2H3/b18-10+/t12-/m1/s1. The molecule has 2 amide bonds. The van der Waals surface area contributed by atoms with Crippen molar-refractivity contribution in [3.63, 3.8) is 0 Å². The van der Waals surface area contributed by atoms with Gasteiger partial charge in [-0.05, 0) is 60.7 Å². The van der Waals surface area contributed by atoms with Crippen molar-refractivity contribution in [3.05, 3.63) is 68.8 Å². The van der Waals surface area contributed by atoms with E-state index in [-0.39, 0.29) is 17.3 Å². The first-order valence-corrected chi connectivity index (χ1v) is 10.4. The molecular formula is C21H17BrFNO5S. The number of hydrogen-bond acceptors (Lipinski definition) is 6. The lowest BCUT2D eigenvalue weighted by atomic mass is 10.1. The van der Waals surface area contributed by atoms with Gasteiger partial charge < -0.3 is 9.47 Å². The zero-order chi connectivity index (χ0) is 21.8. The highest BCUT2D eigenvalue weighted by Gasteiger charge is 2.41. The maximum absolute atomic E-state index is 13.1. The molecule has 2 aromatic rings. The van der Waals surface area contributed by atoms with Crippen LogP contribution in [0.15, 0.2) is 51.8 Å². The third kappa shape index (κ3) is 4.91. The second-order valence-corrected chi connectivity index (χ2v) is 8.26. The molecule has 3 rings (SSSR count). The van der Waals surface area contributed by atoms with Gasteiger partial charge in [-0.25, -0.2) is 9.18 Å². The Morgan fingerprint density at radius 1 is 1.23 bits per heavy atom. The molecule has 1 aliphatic heterocycles. The van der Waals surface area contributed by atoms with Crippen molar-refractivity contribution >= 4 is 50.9 Å². The quantitative estimate of drug-likeness (QED) is 0.426. The van der Waals surface area contributed by atoms with Gasteiger partial charge in [0.15, 0.2) is 0 Å². The number of imide groups is 1. The maximum atomic E-state index is 13.1. The molecule has 1 aliphatic rings. The highest BCUT2D eigenvalue weighted by molar-refractivity contribution is 9.10. The number of rotatable bonds is 6. The monoisotopic (exact) mass is 493 g/mol. The second-order valence-electron chi connectivity index (χ2n) is 6.35. The zero-order valence-electron chi connectivity index (χ0n) is 16.1. The SMILES string of the molecule is COC(=O)[C@@H](C)N1C(=O)S/C(=C/c2cc(Br)ccc2OCc2ccc(F)cc2)C1=O. The summed E-state index contributed by atoms with van der Waals surface area (Å²) in [7, 11) is 1.19. The highest BCUT2D eigenvalue weighted by atomic mass is 79.9. The fourth-order valence-electron chi connectivity index (χ4n) is 2.74. The van der Waals surface area contributed by atoms with Gasteiger partial charge in [-0.2, -0.15) is 0 Å². The van der Waals surface area contributed by atoms with Crippen LogP contribution in [0.4, 0.5) is 9.18 Å². The first kappa shape index (κ1) is 22.0. The lowest BCUT2D eigenvalue weighted by Crippen LogP contribution is -2.42. The Balaban J connectivity index is 1.85. The minimum Gasteiger partial charge on any atom is -0.488 e. The van der Waals surface area contributed by atoms with Crippen LogP contribution in [0, 0.1) is 5.82 Å². The van der Waals surface area contributed by atoms with Crippen LogP contribution in [-0.4, -0.2) is 35.2 Å². The van der Waals surface area contributed by atoms with Gasteiger partial charge in [-0.1, -0.05) is 28.1 Å². The van der Waals surface area contributed by atoms with Crippen LogP contribution in [0.3, 0.4) is 0 Å². The van der Waals surface area contributed by atoms with Crippen LogP contribution in [0.2, 0.25) is 0 Å². The molecule has 156 valence electrons. The predicted octanol–water partition coefficient (Wildman–Crippen LogP) is 4.77. The largest absolute Gasteiger partial charge is 0.488 e. The molecule has 0 spiro atoms. The summed E-state index contributed by atoms with van der Waals surface area (Å²) in [6.07, 6.45) is 1.54. The number of halogens is 2. The van der Waals surface area contributed by atoms with E-state index in [0.717, 1.165) is 26.7 Å². The van der Waals surface area contributed by atoms with E-state index < -0.39 is 23.2 Å². The molecule has 1 fully saturated rings. The van der Waals surface area contributed by atoms with Crippen molar-refractivity contribution in [1.29, 1.82) is 0 Å². The lowest BCUT2D eigenvalue weighted by molar-refractivity contribution is -0.148. The summed E-state index contributed by atoms with van der Waals surface area (Å²) in [5, 5.41) is -0.548. The molecule has 0 saturated carbocycles. The van der Waals surface area contributed by atoms with Crippen molar-refractivity contribution in [2.45, 2.75) is 19.6 Å². The Kier molecular flexibility index (Phi) is 6.94. The molecule has 1 atom stereocenters. The summed E-state index contributed by atoms with van der Waals surface area (Å²) in [6.45, 7) is 1.63. The minimum atomic E-state index is -1.02. The minimum absolute atomic E-state index is 0.167. The number of thioether (sulfide) groups is 1. The van der Waals surface area contributed by atoms with Crippen LogP contribution in [0.5, 0.6) is 5.75 Å². The number of methoxy groups -OCH3 is 1. The molecular weight excluding hydrogens is 477 g/mol. The summed E-state index contributed by atoms with van der Waals surface area (Å²) < 4.78 is 24.3. The average molecular weight is 494 g/mol. The maximum Gasteiger partial charge on any atom is 0.328 e. The van der Waals surface area contributed by atoms with Gasteiger partial charge >= 0.3 is 5.97 Å². The molecule has 6 nitrogen and oxygen atoms in total. The Bertz CT molecular complexity index is 1020. The van der Waals surface area contributed by atoms with Crippen molar-refractivity contribution in [1.82, 2.24) is 4.90 Å². The molecule has 0 unspecified atom stereocenters. The van der Waals surface area contributed by atoms with Gasteiger partial charge in [-0.15, -0.1) is 0 Å². The van der Waals surface area contributed by atoms with E-state index in [0.29, 0.717) is 11.3 Å². The number of benzene rings is 2. The highest BCUT2D eigenvalue weighted by Crippen LogP contribution is 2.36. The third-order valence-electron chi connectivity index (χ3n) is 4.32. The second kappa shape index (κ2) is 9.44. The van der Waals surface area contributed by atoms with E-state index in [1.807, 2.05) is 0 Å². The molecule has 30 heavy (non-hydrogen) atoms. The van der Waals surface area contributed by atoms with Gasteiger partial charge in [0.1, 0.15) is 24.2 Å². The molecule has 0 bridgehead atoms. The summed E-state index contributed by atoms with van der Waals surface area (Å²) in [4.78, 5) is 37.8. The van der Waals surface area contributed by atoms with Gasteiger partial charge in [-0.3, -0.25) is 14.5 Å².